The molecular weight excluding hydrogens is 228 g/mol. The number of aliphatic hydroxyl groups excluding tert-OH is 1. The third kappa shape index (κ3) is 5.14. The van der Waals surface area contributed by atoms with E-state index in [0.717, 1.165) is 0 Å². The minimum atomic E-state index is -1.31. The van der Waals surface area contributed by atoms with E-state index in [9.17, 15) is 9.59 Å². The molecule has 0 aliphatic carbocycles. The molecule has 6 nitrogen and oxygen atoms in total. The second-order valence-corrected chi connectivity index (χ2v) is 3.77. The first-order valence-corrected chi connectivity index (χ1v) is 5.51. The molecule has 0 heterocycles. The molecular formula is C11H20O6. The summed E-state index contributed by atoms with van der Waals surface area (Å²) in [6.07, 6.45) is -1.19. The monoisotopic (exact) mass is 248 g/mol. The normalized spacial score (nSPS) is 13.0. The Bertz CT molecular complexity index is 261. The SMILES string of the molecule is CCOC(=O)C(CO)OC(C)(C)C(=O)OCC. The summed E-state index contributed by atoms with van der Waals surface area (Å²) in [4.78, 5) is 22.9. The van der Waals surface area contributed by atoms with E-state index in [1.165, 1.54) is 13.8 Å². The average Bonchev–Trinajstić information content (AvgIpc) is 2.26. The number of hydrogen-bond acceptors (Lipinski definition) is 6. The quantitative estimate of drug-likeness (QED) is 0.651. The minimum absolute atomic E-state index is 0.179. The van der Waals surface area contributed by atoms with Crippen molar-refractivity contribution >= 4 is 11.9 Å². The van der Waals surface area contributed by atoms with Gasteiger partial charge in [0, 0.05) is 0 Å². The van der Waals surface area contributed by atoms with E-state index in [0.29, 0.717) is 0 Å². The maximum atomic E-state index is 11.5. The number of hydrogen-bond donors (Lipinski definition) is 1. The van der Waals surface area contributed by atoms with Gasteiger partial charge >= 0.3 is 11.9 Å². The molecule has 0 radical (unpaired) electrons. The van der Waals surface area contributed by atoms with Gasteiger partial charge in [-0.2, -0.15) is 0 Å². The van der Waals surface area contributed by atoms with Crippen LogP contribution in [0.3, 0.4) is 0 Å². The number of aliphatic hydroxyl groups is 1. The van der Waals surface area contributed by atoms with Crippen LogP contribution >= 0.6 is 0 Å². The summed E-state index contributed by atoms with van der Waals surface area (Å²) in [6, 6.07) is 0. The van der Waals surface area contributed by atoms with Crippen molar-refractivity contribution in [2.24, 2.45) is 0 Å². The van der Waals surface area contributed by atoms with E-state index in [1.54, 1.807) is 13.8 Å². The van der Waals surface area contributed by atoms with E-state index < -0.39 is 30.3 Å². The molecule has 1 atom stereocenters. The van der Waals surface area contributed by atoms with Gasteiger partial charge in [-0.1, -0.05) is 0 Å². The van der Waals surface area contributed by atoms with E-state index in [4.69, 9.17) is 19.3 Å². The molecule has 0 aromatic carbocycles. The van der Waals surface area contributed by atoms with Gasteiger partial charge in [0.1, 0.15) is 0 Å². The lowest BCUT2D eigenvalue weighted by molar-refractivity contribution is -0.187. The number of esters is 2. The molecule has 0 amide bonds. The van der Waals surface area contributed by atoms with Crippen molar-refractivity contribution in [3.63, 3.8) is 0 Å². The summed E-state index contributed by atoms with van der Waals surface area (Å²) in [7, 11) is 0. The highest BCUT2D eigenvalue weighted by molar-refractivity contribution is 5.80. The maximum absolute atomic E-state index is 11.5. The Hall–Kier alpha value is -1.14. The molecule has 17 heavy (non-hydrogen) atoms. The van der Waals surface area contributed by atoms with Gasteiger partial charge in [-0.15, -0.1) is 0 Å². The first-order chi connectivity index (χ1) is 7.88. The number of carbonyl (C=O) groups is 2. The Labute approximate surface area is 101 Å². The molecule has 0 aliphatic rings. The van der Waals surface area contributed by atoms with Crippen molar-refractivity contribution in [2.75, 3.05) is 19.8 Å². The zero-order chi connectivity index (χ0) is 13.5. The fourth-order valence-electron chi connectivity index (χ4n) is 1.10. The van der Waals surface area contributed by atoms with Gasteiger partial charge in [0.2, 0.25) is 0 Å². The highest BCUT2D eigenvalue weighted by Gasteiger charge is 2.36. The van der Waals surface area contributed by atoms with E-state index >= 15 is 0 Å². The van der Waals surface area contributed by atoms with Crippen molar-refractivity contribution < 1.29 is 28.9 Å². The summed E-state index contributed by atoms with van der Waals surface area (Å²) in [5.74, 6) is -1.30. The van der Waals surface area contributed by atoms with Crippen molar-refractivity contribution in [1.82, 2.24) is 0 Å². The Morgan fingerprint density at radius 3 is 2.12 bits per heavy atom. The molecule has 0 aromatic rings. The molecule has 0 aliphatic heterocycles. The molecule has 0 aromatic heterocycles. The lowest BCUT2D eigenvalue weighted by atomic mass is 10.1. The maximum Gasteiger partial charge on any atom is 0.337 e. The van der Waals surface area contributed by atoms with Gasteiger partial charge in [0.15, 0.2) is 11.7 Å². The van der Waals surface area contributed by atoms with Crippen molar-refractivity contribution in [3.05, 3.63) is 0 Å². The number of rotatable bonds is 7. The molecule has 0 bridgehead atoms. The molecule has 1 N–H and O–H groups in total. The standard InChI is InChI=1S/C11H20O6/c1-5-15-9(13)8(7-12)17-11(3,4)10(14)16-6-2/h8,12H,5-7H2,1-4H3. The van der Waals surface area contributed by atoms with Crippen LogP contribution < -0.4 is 0 Å². The fourth-order valence-corrected chi connectivity index (χ4v) is 1.10. The molecule has 1 unspecified atom stereocenters. The van der Waals surface area contributed by atoms with Crippen LogP contribution in [0.15, 0.2) is 0 Å². The van der Waals surface area contributed by atoms with Crippen molar-refractivity contribution in [3.8, 4) is 0 Å². The summed E-state index contributed by atoms with van der Waals surface area (Å²) < 4.78 is 14.7. The van der Waals surface area contributed by atoms with Crippen molar-refractivity contribution in [1.29, 1.82) is 0 Å². The topological polar surface area (TPSA) is 82.1 Å². The lowest BCUT2D eigenvalue weighted by Gasteiger charge is -2.26. The molecule has 0 saturated carbocycles. The van der Waals surface area contributed by atoms with E-state index in [1.807, 2.05) is 0 Å². The van der Waals surface area contributed by atoms with Crippen molar-refractivity contribution in [2.45, 2.75) is 39.4 Å². The summed E-state index contributed by atoms with van der Waals surface area (Å²) in [6.45, 7) is 6.08. The molecule has 6 heteroatoms. The van der Waals surface area contributed by atoms with Gasteiger partial charge in [-0.3, -0.25) is 0 Å². The van der Waals surface area contributed by atoms with Crippen LogP contribution in [0.1, 0.15) is 27.7 Å². The first-order valence-electron chi connectivity index (χ1n) is 5.51. The van der Waals surface area contributed by atoms with Crippen LogP contribution in [0.25, 0.3) is 0 Å². The Morgan fingerprint density at radius 1 is 1.18 bits per heavy atom. The van der Waals surface area contributed by atoms with E-state index in [2.05, 4.69) is 0 Å². The van der Waals surface area contributed by atoms with Gasteiger partial charge in [-0.05, 0) is 27.7 Å². The van der Waals surface area contributed by atoms with Crippen LogP contribution in [0.2, 0.25) is 0 Å². The van der Waals surface area contributed by atoms with Gasteiger partial charge in [0.05, 0.1) is 19.8 Å². The van der Waals surface area contributed by atoms with Crippen LogP contribution in [0.5, 0.6) is 0 Å². The smallest absolute Gasteiger partial charge is 0.337 e. The zero-order valence-electron chi connectivity index (χ0n) is 10.7. The minimum Gasteiger partial charge on any atom is -0.464 e. The highest BCUT2D eigenvalue weighted by atomic mass is 16.6. The van der Waals surface area contributed by atoms with E-state index in [-0.39, 0.29) is 13.2 Å². The summed E-state index contributed by atoms with van der Waals surface area (Å²) >= 11 is 0. The van der Waals surface area contributed by atoms with Crippen LogP contribution in [-0.4, -0.2) is 48.6 Å². The average molecular weight is 248 g/mol. The number of ether oxygens (including phenoxy) is 3. The molecule has 0 saturated heterocycles. The Balaban J connectivity index is 4.54. The third-order valence-corrected chi connectivity index (χ3v) is 1.92. The summed E-state index contributed by atoms with van der Waals surface area (Å²) in [5.41, 5.74) is -1.31. The van der Waals surface area contributed by atoms with Gasteiger partial charge in [0.25, 0.3) is 0 Å². The van der Waals surface area contributed by atoms with Gasteiger partial charge in [-0.25, -0.2) is 9.59 Å². The Kier molecular flexibility index (Phi) is 6.75. The summed E-state index contributed by atoms with van der Waals surface area (Å²) in [5, 5.41) is 9.02. The predicted octanol–water partition coefficient (Wildman–Crippen LogP) is 0.269. The molecule has 100 valence electrons. The fraction of sp³-hybridized carbons (Fsp3) is 0.818. The Morgan fingerprint density at radius 2 is 1.71 bits per heavy atom. The first kappa shape index (κ1) is 15.9. The zero-order valence-corrected chi connectivity index (χ0v) is 10.7. The highest BCUT2D eigenvalue weighted by Crippen LogP contribution is 2.15. The lowest BCUT2D eigenvalue weighted by Crippen LogP contribution is -2.44. The van der Waals surface area contributed by atoms with Crippen LogP contribution in [0.4, 0.5) is 0 Å². The van der Waals surface area contributed by atoms with Crippen LogP contribution in [-0.2, 0) is 23.8 Å². The molecule has 0 fully saturated rings. The molecule has 0 spiro atoms. The molecule has 0 rings (SSSR count). The third-order valence-electron chi connectivity index (χ3n) is 1.92. The predicted molar refractivity (Wildman–Crippen MR) is 59.3 cm³/mol. The second kappa shape index (κ2) is 7.24. The largest absolute Gasteiger partial charge is 0.464 e. The number of carbonyl (C=O) groups excluding carboxylic acids is 2. The van der Waals surface area contributed by atoms with Crippen LogP contribution in [0, 0.1) is 0 Å². The second-order valence-electron chi connectivity index (χ2n) is 3.77. The van der Waals surface area contributed by atoms with Gasteiger partial charge < -0.3 is 19.3 Å².